The fraction of sp³-hybridized carbons (Fsp3) is 0.200. The molecular formula is C10H11N3O2S. The first-order chi connectivity index (χ1) is 7.68. The van der Waals surface area contributed by atoms with Crippen LogP contribution in [0.5, 0.6) is 0 Å². The van der Waals surface area contributed by atoms with Crippen LogP contribution in [0.2, 0.25) is 0 Å². The molecule has 2 aromatic rings. The lowest BCUT2D eigenvalue weighted by molar-refractivity contribution is 0.929. The van der Waals surface area contributed by atoms with Crippen molar-refractivity contribution in [2.45, 2.75) is 13.5 Å². The van der Waals surface area contributed by atoms with Gasteiger partial charge in [-0.25, -0.2) is 0 Å². The molecule has 16 heavy (non-hydrogen) atoms. The predicted molar refractivity (Wildman–Crippen MR) is 64.1 cm³/mol. The van der Waals surface area contributed by atoms with Crippen molar-refractivity contribution in [3.8, 4) is 0 Å². The molecule has 0 aliphatic rings. The van der Waals surface area contributed by atoms with Crippen molar-refractivity contribution in [3.63, 3.8) is 0 Å². The molecule has 0 atom stereocenters. The maximum Gasteiger partial charge on any atom is 0.286 e. The van der Waals surface area contributed by atoms with Crippen LogP contribution in [0.25, 0.3) is 0 Å². The molecule has 0 radical (unpaired) electrons. The zero-order valence-electron chi connectivity index (χ0n) is 8.66. The first-order valence-electron chi connectivity index (χ1n) is 4.76. The average molecular weight is 237 g/mol. The van der Waals surface area contributed by atoms with Gasteiger partial charge in [0.2, 0.25) is 0 Å². The zero-order chi connectivity index (χ0) is 11.5. The standard InChI is InChI=1S/C10H11N3O2S/c1-6-8(10(15)13-12-9(6)14)11-5-7-3-2-4-16-7/h2-4H,5H2,1H3,(H,13,15)(H2,11,12,14). The minimum atomic E-state index is -0.311. The first-order valence-corrected chi connectivity index (χ1v) is 5.64. The van der Waals surface area contributed by atoms with Gasteiger partial charge in [0, 0.05) is 17.0 Å². The highest BCUT2D eigenvalue weighted by Gasteiger charge is 2.06. The third kappa shape index (κ3) is 2.06. The molecule has 84 valence electrons. The molecule has 5 nitrogen and oxygen atoms in total. The van der Waals surface area contributed by atoms with Crippen molar-refractivity contribution in [1.82, 2.24) is 10.2 Å². The number of anilines is 1. The molecule has 0 unspecified atom stereocenters. The number of thiophene rings is 1. The summed E-state index contributed by atoms with van der Waals surface area (Å²) in [6, 6.07) is 3.91. The third-order valence-electron chi connectivity index (χ3n) is 2.25. The Bertz CT molecular complexity index is 583. The summed E-state index contributed by atoms with van der Waals surface area (Å²) in [5.74, 6) is 0. The molecule has 0 bridgehead atoms. The third-order valence-corrected chi connectivity index (χ3v) is 3.13. The molecule has 0 aliphatic carbocycles. The van der Waals surface area contributed by atoms with Gasteiger partial charge in [-0.1, -0.05) is 6.07 Å². The number of nitrogens with one attached hydrogen (secondary N) is 3. The smallest absolute Gasteiger partial charge is 0.286 e. The van der Waals surface area contributed by atoms with Gasteiger partial charge in [-0.15, -0.1) is 11.3 Å². The average Bonchev–Trinajstić information content (AvgIpc) is 2.77. The Morgan fingerprint density at radius 2 is 2.06 bits per heavy atom. The van der Waals surface area contributed by atoms with Gasteiger partial charge in [-0.2, -0.15) is 0 Å². The summed E-state index contributed by atoms with van der Waals surface area (Å²) >= 11 is 1.60. The second-order valence-electron chi connectivity index (χ2n) is 3.34. The van der Waals surface area contributed by atoms with E-state index in [2.05, 4.69) is 15.5 Å². The van der Waals surface area contributed by atoms with Crippen LogP contribution in [0.1, 0.15) is 10.4 Å². The van der Waals surface area contributed by atoms with E-state index < -0.39 is 0 Å². The quantitative estimate of drug-likeness (QED) is 0.746. The van der Waals surface area contributed by atoms with Gasteiger partial charge in [0.1, 0.15) is 5.69 Å². The Balaban J connectivity index is 2.25. The summed E-state index contributed by atoms with van der Waals surface area (Å²) in [7, 11) is 0. The molecule has 0 saturated carbocycles. The lowest BCUT2D eigenvalue weighted by Crippen LogP contribution is -2.25. The molecule has 0 aromatic carbocycles. The molecule has 0 aliphatic heterocycles. The number of aromatic amines is 2. The summed E-state index contributed by atoms with van der Waals surface area (Å²) < 4.78 is 0. The lowest BCUT2D eigenvalue weighted by Gasteiger charge is -2.05. The van der Waals surface area contributed by atoms with E-state index in [0.717, 1.165) is 4.88 Å². The molecule has 2 aromatic heterocycles. The monoisotopic (exact) mass is 237 g/mol. The molecule has 0 spiro atoms. The van der Waals surface area contributed by atoms with Crippen molar-refractivity contribution in [2.75, 3.05) is 5.32 Å². The number of H-pyrrole nitrogens is 2. The van der Waals surface area contributed by atoms with Crippen molar-refractivity contribution < 1.29 is 0 Å². The van der Waals surface area contributed by atoms with E-state index in [1.807, 2.05) is 17.5 Å². The summed E-state index contributed by atoms with van der Waals surface area (Å²) in [5, 5.41) is 9.49. The fourth-order valence-corrected chi connectivity index (χ4v) is 2.00. The highest BCUT2D eigenvalue weighted by atomic mass is 32.1. The number of rotatable bonds is 3. The van der Waals surface area contributed by atoms with E-state index in [1.54, 1.807) is 18.3 Å². The molecular weight excluding hydrogens is 226 g/mol. The van der Waals surface area contributed by atoms with Crippen LogP contribution in [-0.2, 0) is 6.54 Å². The Hall–Kier alpha value is -1.82. The Morgan fingerprint density at radius 1 is 1.31 bits per heavy atom. The second-order valence-corrected chi connectivity index (χ2v) is 4.37. The van der Waals surface area contributed by atoms with Gasteiger partial charge in [-0.05, 0) is 18.4 Å². The van der Waals surface area contributed by atoms with Gasteiger partial charge in [0.25, 0.3) is 11.1 Å². The van der Waals surface area contributed by atoms with Crippen molar-refractivity contribution in [2.24, 2.45) is 0 Å². The summed E-state index contributed by atoms with van der Waals surface area (Å²) in [5.41, 5.74) is 0.138. The van der Waals surface area contributed by atoms with Crippen LogP contribution in [0.3, 0.4) is 0 Å². The van der Waals surface area contributed by atoms with Crippen LogP contribution in [0.4, 0.5) is 5.69 Å². The predicted octanol–water partition coefficient (Wildman–Crippen LogP) is 1.05. The first kappa shape index (κ1) is 10.7. The highest BCUT2D eigenvalue weighted by molar-refractivity contribution is 7.09. The van der Waals surface area contributed by atoms with Crippen LogP contribution in [0.15, 0.2) is 27.1 Å². The molecule has 2 heterocycles. The molecule has 2 rings (SSSR count). The van der Waals surface area contributed by atoms with E-state index in [4.69, 9.17) is 0 Å². The van der Waals surface area contributed by atoms with Gasteiger partial charge in [0.05, 0.1) is 0 Å². The molecule has 0 saturated heterocycles. The Labute approximate surface area is 95.1 Å². The minimum Gasteiger partial charge on any atom is -0.375 e. The normalized spacial score (nSPS) is 10.3. The maximum absolute atomic E-state index is 11.5. The van der Waals surface area contributed by atoms with Crippen LogP contribution < -0.4 is 16.4 Å². The van der Waals surface area contributed by atoms with Gasteiger partial charge in [-0.3, -0.25) is 19.8 Å². The van der Waals surface area contributed by atoms with E-state index in [9.17, 15) is 9.59 Å². The van der Waals surface area contributed by atoms with E-state index in [1.165, 1.54) is 0 Å². The van der Waals surface area contributed by atoms with Crippen LogP contribution in [0, 0.1) is 6.92 Å². The number of hydrogen-bond donors (Lipinski definition) is 3. The number of hydrogen-bond acceptors (Lipinski definition) is 4. The second kappa shape index (κ2) is 4.36. The highest BCUT2D eigenvalue weighted by Crippen LogP contribution is 2.11. The molecule has 0 fully saturated rings. The largest absolute Gasteiger partial charge is 0.375 e. The lowest BCUT2D eigenvalue weighted by atomic mass is 10.3. The topological polar surface area (TPSA) is 77.8 Å². The molecule has 6 heteroatoms. The molecule has 0 amide bonds. The summed E-state index contributed by atoms with van der Waals surface area (Å²) in [4.78, 5) is 23.9. The zero-order valence-corrected chi connectivity index (χ0v) is 9.48. The van der Waals surface area contributed by atoms with Crippen molar-refractivity contribution in [3.05, 3.63) is 48.7 Å². The number of aromatic nitrogens is 2. The van der Waals surface area contributed by atoms with Gasteiger partial charge in [0.15, 0.2) is 0 Å². The minimum absolute atomic E-state index is 0.284. The Kier molecular flexibility index (Phi) is 2.91. The van der Waals surface area contributed by atoms with Gasteiger partial charge >= 0.3 is 0 Å². The van der Waals surface area contributed by atoms with E-state index >= 15 is 0 Å². The molecule has 3 N–H and O–H groups in total. The van der Waals surface area contributed by atoms with Crippen molar-refractivity contribution in [1.29, 1.82) is 0 Å². The summed E-state index contributed by atoms with van der Waals surface area (Å²) in [6.45, 7) is 2.16. The maximum atomic E-state index is 11.5. The van der Waals surface area contributed by atoms with E-state index in [0.29, 0.717) is 17.8 Å². The van der Waals surface area contributed by atoms with Crippen LogP contribution in [-0.4, -0.2) is 10.2 Å². The summed E-state index contributed by atoms with van der Waals surface area (Å²) in [6.07, 6.45) is 0. The SMILES string of the molecule is Cc1c(NCc2cccs2)c(=O)[nH][nH]c1=O. The fourth-order valence-electron chi connectivity index (χ4n) is 1.36. The van der Waals surface area contributed by atoms with Gasteiger partial charge < -0.3 is 5.32 Å². The van der Waals surface area contributed by atoms with E-state index in [-0.39, 0.29) is 11.1 Å². The van der Waals surface area contributed by atoms with Crippen molar-refractivity contribution >= 4 is 17.0 Å². The van der Waals surface area contributed by atoms with Crippen LogP contribution >= 0.6 is 11.3 Å². The Morgan fingerprint density at radius 3 is 2.75 bits per heavy atom.